The molecule has 0 bridgehead atoms. The summed E-state index contributed by atoms with van der Waals surface area (Å²) in [6.45, 7) is 5.83. The first-order chi connectivity index (χ1) is 9.66. The molecular formula is C14H20BrClFN3O. The lowest BCUT2D eigenvalue weighted by Crippen LogP contribution is -2.44. The number of benzene rings is 1. The van der Waals surface area contributed by atoms with E-state index in [0.717, 1.165) is 39.1 Å². The summed E-state index contributed by atoms with van der Waals surface area (Å²) < 4.78 is 13.4. The molecule has 4 nitrogen and oxygen atoms in total. The largest absolute Gasteiger partial charge is 0.352 e. The number of amides is 1. The average Bonchev–Trinajstić information content (AvgIpc) is 2.44. The van der Waals surface area contributed by atoms with Gasteiger partial charge in [-0.15, -0.1) is 12.4 Å². The Morgan fingerprint density at radius 1 is 1.38 bits per heavy atom. The zero-order valence-corrected chi connectivity index (χ0v) is 14.1. The fourth-order valence-corrected chi connectivity index (χ4v) is 2.74. The summed E-state index contributed by atoms with van der Waals surface area (Å²) in [6.07, 6.45) is 0.921. The molecule has 0 aromatic heterocycles. The Kier molecular flexibility index (Phi) is 8.18. The molecule has 1 amide bonds. The molecule has 7 heteroatoms. The Labute approximate surface area is 139 Å². The lowest BCUT2D eigenvalue weighted by atomic mass is 10.2. The van der Waals surface area contributed by atoms with E-state index in [2.05, 4.69) is 31.5 Å². The maximum absolute atomic E-state index is 13.0. The predicted octanol–water partition coefficient (Wildman–Crippen LogP) is 2.04. The van der Waals surface area contributed by atoms with Crippen LogP contribution in [-0.2, 0) is 0 Å². The minimum absolute atomic E-state index is 0. The zero-order chi connectivity index (χ0) is 14.4. The summed E-state index contributed by atoms with van der Waals surface area (Å²) >= 11 is 3.20. The van der Waals surface area contributed by atoms with E-state index < -0.39 is 0 Å². The van der Waals surface area contributed by atoms with Crippen LogP contribution in [0.1, 0.15) is 16.8 Å². The molecule has 0 aliphatic carbocycles. The van der Waals surface area contributed by atoms with Crippen LogP contribution in [0.4, 0.5) is 4.39 Å². The highest BCUT2D eigenvalue weighted by atomic mass is 79.9. The highest BCUT2D eigenvalue weighted by molar-refractivity contribution is 9.10. The van der Waals surface area contributed by atoms with Crippen molar-refractivity contribution in [2.75, 3.05) is 39.3 Å². The fourth-order valence-electron chi connectivity index (χ4n) is 2.21. The quantitative estimate of drug-likeness (QED) is 0.768. The van der Waals surface area contributed by atoms with Crippen molar-refractivity contribution in [3.8, 4) is 0 Å². The molecule has 1 aliphatic heterocycles. The van der Waals surface area contributed by atoms with Crippen molar-refractivity contribution in [2.24, 2.45) is 0 Å². The maximum Gasteiger partial charge on any atom is 0.252 e. The van der Waals surface area contributed by atoms with Crippen LogP contribution < -0.4 is 10.6 Å². The summed E-state index contributed by atoms with van der Waals surface area (Å²) in [5, 5.41) is 6.17. The van der Waals surface area contributed by atoms with Gasteiger partial charge in [-0.2, -0.15) is 0 Å². The Balaban J connectivity index is 0.00000220. The van der Waals surface area contributed by atoms with Gasteiger partial charge in [0.05, 0.1) is 5.56 Å². The molecule has 118 valence electrons. The molecule has 1 saturated heterocycles. The van der Waals surface area contributed by atoms with Crippen molar-refractivity contribution in [1.82, 2.24) is 15.5 Å². The molecule has 1 aromatic rings. The molecular weight excluding hydrogens is 361 g/mol. The minimum Gasteiger partial charge on any atom is -0.352 e. The van der Waals surface area contributed by atoms with Crippen molar-refractivity contribution < 1.29 is 9.18 Å². The molecule has 0 saturated carbocycles. The van der Waals surface area contributed by atoms with E-state index in [-0.39, 0.29) is 24.1 Å². The summed E-state index contributed by atoms with van der Waals surface area (Å²) in [5.74, 6) is -0.524. The highest BCUT2D eigenvalue weighted by Gasteiger charge is 2.11. The Morgan fingerprint density at radius 2 is 2.10 bits per heavy atom. The van der Waals surface area contributed by atoms with Crippen molar-refractivity contribution in [3.63, 3.8) is 0 Å². The fraction of sp³-hybridized carbons (Fsp3) is 0.500. The standard InChI is InChI=1S/C14H19BrFN3O.ClH/c15-13-10-11(16)2-3-12(13)14(20)18-4-1-7-19-8-5-17-6-9-19;/h2-3,10,17H,1,4-9H2,(H,18,20);1H. The van der Waals surface area contributed by atoms with E-state index in [1.54, 1.807) is 0 Å². The summed E-state index contributed by atoms with van der Waals surface area (Å²) in [7, 11) is 0. The molecule has 0 atom stereocenters. The van der Waals surface area contributed by atoms with Crippen molar-refractivity contribution >= 4 is 34.2 Å². The van der Waals surface area contributed by atoms with Gasteiger partial charge in [-0.1, -0.05) is 0 Å². The molecule has 0 radical (unpaired) electrons. The molecule has 1 fully saturated rings. The van der Waals surface area contributed by atoms with E-state index in [1.165, 1.54) is 18.2 Å². The second-order valence-electron chi connectivity index (χ2n) is 4.83. The number of rotatable bonds is 5. The molecule has 0 unspecified atom stereocenters. The van der Waals surface area contributed by atoms with Crippen LogP contribution in [0.3, 0.4) is 0 Å². The number of piperazine rings is 1. The van der Waals surface area contributed by atoms with E-state index in [4.69, 9.17) is 0 Å². The third-order valence-electron chi connectivity index (χ3n) is 3.32. The zero-order valence-electron chi connectivity index (χ0n) is 11.7. The average molecular weight is 381 g/mol. The number of halogens is 3. The third-order valence-corrected chi connectivity index (χ3v) is 3.98. The Bertz CT molecular complexity index is 470. The monoisotopic (exact) mass is 379 g/mol. The number of carbonyl (C=O) groups is 1. The normalized spacial score (nSPS) is 15.3. The molecule has 2 N–H and O–H groups in total. The third kappa shape index (κ3) is 5.90. The topological polar surface area (TPSA) is 44.4 Å². The number of nitrogens with zero attached hydrogens (tertiary/aromatic N) is 1. The number of nitrogens with one attached hydrogen (secondary N) is 2. The van der Waals surface area contributed by atoms with Gasteiger partial charge in [0.2, 0.25) is 0 Å². The highest BCUT2D eigenvalue weighted by Crippen LogP contribution is 2.17. The van der Waals surface area contributed by atoms with E-state index >= 15 is 0 Å². The lowest BCUT2D eigenvalue weighted by molar-refractivity contribution is 0.0950. The van der Waals surface area contributed by atoms with Crippen LogP contribution in [0.15, 0.2) is 22.7 Å². The molecule has 1 aliphatic rings. The lowest BCUT2D eigenvalue weighted by Gasteiger charge is -2.27. The number of hydrogen-bond donors (Lipinski definition) is 2. The summed E-state index contributed by atoms with van der Waals surface area (Å²) in [6, 6.07) is 4.08. The van der Waals surface area contributed by atoms with Gasteiger partial charge in [0.25, 0.3) is 5.91 Å². The molecule has 0 spiro atoms. The number of carbonyl (C=O) groups excluding carboxylic acids is 1. The van der Waals surface area contributed by atoms with Crippen LogP contribution in [0.2, 0.25) is 0 Å². The molecule has 2 rings (SSSR count). The van der Waals surface area contributed by atoms with Crippen LogP contribution in [0.5, 0.6) is 0 Å². The SMILES string of the molecule is Cl.O=C(NCCCN1CCNCC1)c1ccc(F)cc1Br. The van der Waals surface area contributed by atoms with Gasteiger partial charge in [-0.25, -0.2) is 4.39 Å². The van der Waals surface area contributed by atoms with Crippen LogP contribution in [0, 0.1) is 5.82 Å². The molecule has 1 heterocycles. The van der Waals surface area contributed by atoms with Crippen LogP contribution >= 0.6 is 28.3 Å². The summed E-state index contributed by atoms with van der Waals surface area (Å²) in [4.78, 5) is 14.3. The van der Waals surface area contributed by atoms with Crippen LogP contribution in [-0.4, -0.2) is 50.1 Å². The number of hydrogen-bond acceptors (Lipinski definition) is 3. The Hall–Kier alpha value is -0.690. The van der Waals surface area contributed by atoms with Crippen molar-refractivity contribution in [3.05, 3.63) is 34.1 Å². The van der Waals surface area contributed by atoms with Gasteiger partial charge in [0.1, 0.15) is 5.82 Å². The van der Waals surface area contributed by atoms with Gasteiger partial charge in [-0.3, -0.25) is 4.79 Å². The Morgan fingerprint density at radius 3 is 2.76 bits per heavy atom. The van der Waals surface area contributed by atoms with E-state index in [9.17, 15) is 9.18 Å². The first kappa shape index (κ1) is 18.4. The second-order valence-corrected chi connectivity index (χ2v) is 5.68. The van der Waals surface area contributed by atoms with Gasteiger partial charge in [-0.05, 0) is 47.1 Å². The van der Waals surface area contributed by atoms with E-state index in [1.807, 2.05) is 0 Å². The van der Waals surface area contributed by atoms with Crippen LogP contribution in [0.25, 0.3) is 0 Å². The second kappa shape index (κ2) is 9.35. The van der Waals surface area contributed by atoms with Crippen molar-refractivity contribution in [2.45, 2.75) is 6.42 Å². The smallest absolute Gasteiger partial charge is 0.252 e. The summed E-state index contributed by atoms with van der Waals surface area (Å²) in [5.41, 5.74) is 0.466. The van der Waals surface area contributed by atoms with Gasteiger partial charge in [0.15, 0.2) is 0 Å². The minimum atomic E-state index is -0.355. The predicted molar refractivity (Wildman–Crippen MR) is 87.6 cm³/mol. The van der Waals surface area contributed by atoms with Gasteiger partial charge < -0.3 is 15.5 Å². The van der Waals surface area contributed by atoms with E-state index in [0.29, 0.717) is 16.6 Å². The first-order valence-electron chi connectivity index (χ1n) is 6.83. The van der Waals surface area contributed by atoms with Crippen molar-refractivity contribution in [1.29, 1.82) is 0 Å². The molecule has 1 aromatic carbocycles. The molecule has 21 heavy (non-hydrogen) atoms. The van der Waals surface area contributed by atoms with Gasteiger partial charge >= 0.3 is 0 Å². The maximum atomic E-state index is 13.0. The van der Waals surface area contributed by atoms with Gasteiger partial charge in [0, 0.05) is 37.2 Å². The first-order valence-corrected chi connectivity index (χ1v) is 7.62.